The molecule has 4 heteroatoms. The molecule has 110 valence electrons. The quantitative estimate of drug-likeness (QED) is 0.764. The van der Waals surface area contributed by atoms with Crippen LogP contribution in [0.5, 0.6) is 17.2 Å². The van der Waals surface area contributed by atoms with Gasteiger partial charge in [-0.1, -0.05) is 11.6 Å². The van der Waals surface area contributed by atoms with Gasteiger partial charge in [0.1, 0.15) is 17.2 Å². The molecular weight excluding hydrogens is 288 g/mol. The largest absolute Gasteiger partial charge is 0.497 e. The summed E-state index contributed by atoms with van der Waals surface area (Å²) in [6.07, 6.45) is 1.85. The van der Waals surface area contributed by atoms with Crippen molar-refractivity contribution >= 4 is 22.7 Å². The van der Waals surface area contributed by atoms with Crippen LogP contribution >= 0.6 is 11.6 Å². The third-order valence-electron chi connectivity index (χ3n) is 3.08. The van der Waals surface area contributed by atoms with Crippen LogP contribution in [0.25, 0.3) is 11.1 Å². The first-order valence-electron chi connectivity index (χ1n) is 6.41. The topological polar surface area (TPSA) is 27.7 Å². The molecule has 0 heterocycles. The molecule has 0 fully saturated rings. The van der Waals surface area contributed by atoms with Gasteiger partial charge in [-0.2, -0.15) is 0 Å². The minimum atomic E-state index is 0.615. The Hall–Kier alpha value is -2.13. The van der Waals surface area contributed by atoms with E-state index in [1.54, 1.807) is 21.3 Å². The molecule has 2 aromatic rings. The maximum Gasteiger partial charge on any atom is 0.126 e. The fraction of sp³-hybridized carbons (Fsp3) is 0.176. The molecule has 0 N–H and O–H groups in total. The lowest BCUT2D eigenvalue weighted by atomic mass is 10.1. The molecule has 0 radical (unpaired) electrons. The van der Waals surface area contributed by atoms with Crippen LogP contribution in [0.15, 0.2) is 42.5 Å². The molecular formula is C17H17ClO3. The number of methoxy groups -OCH3 is 3. The van der Waals surface area contributed by atoms with Gasteiger partial charge < -0.3 is 14.2 Å². The summed E-state index contributed by atoms with van der Waals surface area (Å²) < 4.78 is 15.7. The van der Waals surface area contributed by atoms with E-state index in [4.69, 9.17) is 25.8 Å². The number of benzene rings is 2. The highest BCUT2D eigenvalue weighted by Gasteiger charge is 2.05. The standard InChI is InChI=1S/C17H17ClO3/c1-19-14-6-4-12(5-7-14)16(18)11-13-10-15(20-2)8-9-17(13)21-3/h4-11H,1-3H3/b16-11+. The Morgan fingerprint density at radius 1 is 0.857 bits per heavy atom. The van der Waals surface area contributed by atoms with Crippen LogP contribution in [0.2, 0.25) is 0 Å². The number of halogens is 1. The Bertz CT molecular complexity index is 633. The minimum absolute atomic E-state index is 0.615. The zero-order valence-electron chi connectivity index (χ0n) is 12.2. The van der Waals surface area contributed by atoms with Crippen molar-refractivity contribution in [1.82, 2.24) is 0 Å². The lowest BCUT2D eigenvalue weighted by Gasteiger charge is -2.08. The van der Waals surface area contributed by atoms with Crippen molar-refractivity contribution in [3.05, 3.63) is 53.6 Å². The third-order valence-corrected chi connectivity index (χ3v) is 3.41. The smallest absolute Gasteiger partial charge is 0.126 e. The average Bonchev–Trinajstić information content (AvgIpc) is 2.54. The molecule has 0 unspecified atom stereocenters. The molecule has 0 aliphatic rings. The Kier molecular flexibility index (Phi) is 5.12. The second kappa shape index (κ2) is 7.04. The first-order valence-corrected chi connectivity index (χ1v) is 6.79. The molecule has 0 bridgehead atoms. The van der Waals surface area contributed by atoms with Gasteiger partial charge in [-0.15, -0.1) is 0 Å². The van der Waals surface area contributed by atoms with E-state index >= 15 is 0 Å². The van der Waals surface area contributed by atoms with Gasteiger partial charge >= 0.3 is 0 Å². The van der Waals surface area contributed by atoms with E-state index in [0.717, 1.165) is 28.4 Å². The van der Waals surface area contributed by atoms with E-state index in [0.29, 0.717) is 5.03 Å². The van der Waals surface area contributed by atoms with Crippen LogP contribution < -0.4 is 14.2 Å². The Morgan fingerprint density at radius 3 is 2.05 bits per heavy atom. The lowest BCUT2D eigenvalue weighted by Crippen LogP contribution is -1.90. The highest BCUT2D eigenvalue weighted by Crippen LogP contribution is 2.30. The zero-order valence-corrected chi connectivity index (χ0v) is 13.0. The molecule has 2 aromatic carbocycles. The van der Waals surface area contributed by atoms with Crippen LogP contribution in [-0.2, 0) is 0 Å². The summed E-state index contributed by atoms with van der Waals surface area (Å²) in [7, 11) is 4.88. The molecule has 2 rings (SSSR count). The van der Waals surface area contributed by atoms with E-state index in [1.807, 2.05) is 48.5 Å². The van der Waals surface area contributed by atoms with Gasteiger partial charge in [0.05, 0.1) is 21.3 Å². The summed E-state index contributed by atoms with van der Waals surface area (Å²) in [5.41, 5.74) is 1.76. The van der Waals surface area contributed by atoms with E-state index in [-0.39, 0.29) is 0 Å². The third kappa shape index (κ3) is 3.70. The fourth-order valence-electron chi connectivity index (χ4n) is 1.92. The Labute approximate surface area is 129 Å². The maximum atomic E-state index is 6.38. The fourth-order valence-corrected chi connectivity index (χ4v) is 2.17. The summed E-state index contributed by atoms with van der Waals surface area (Å²) in [4.78, 5) is 0. The molecule has 0 aliphatic carbocycles. The van der Waals surface area contributed by atoms with Crippen molar-refractivity contribution in [2.45, 2.75) is 0 Å². The molecule has 0 atom stereocenters. The molecule has 0 aliphatic heterocycles. The molecule has 0 spiro atoms. The second-order valence-corrected chi connectivity index (χ2v) is 4.74. The predicted molar refractivity (Wildman–Crippen MR) is 86.3 cm³/mol. The van der Waals surface area contributed by atoms with E-state index < -0.39 is 0 Å². The van der Waals surface area contributed by atoms with Crippen LogP contribution in [0, 0.1) is 0 Å². The monoisotopic (exact) mass is 304 g/mol. The van der Waals surface area contributed by atoms with Gasteiger partial charge in [-0.05, 0) is 54.1 Å². The van der Waals surface area contributed by atoms with Crippen LogP contribution in [0.1, 0.15) is 11.1 Å². The van der Waals surface area contributed by atoms with Gasteiger partial charge in [-0.3, -0.25) is 0 Å². The first-order chi connectivity index (χ1) is 10.2. The number of ether oxygens (including phenoxy) is 3. The Morgan fingerprint density at radius 2 is 1.48 bits per heavy atom. The summed E-state index contributed by atoms with van der Waals surface area (Å²) in [5, 5.41) is 0.615. The summed E-state index contributed by atoms with van der Waals surface area (Å²) in [6, 6.07) is 13.1. The first kappa shape index (κ1) is 15.3. The van der Waals surface area contributed by atoms with Crippen molar-refractivity contribution in [3.63, 3.8) is 0 Å². The summed E-state index contributed by atoms with van der Waals surface area (Å²) >= 11 is 6.38. The molecule has 0 amide bonds. The zero-order chi connectivity index (χ0) is 15.2. The molecule has 0 saturated heterocycles. The van der Waals surface area contributed by atoms with E-state index in [9.17, 15) is 0 Å². The molecule has 21 heavy (non-hydrogen) atoms. The maximum absolute atomic E-state index is 6.38. The Balaban J connectivity index is 2.36. The van der Waals surface area contributed by atoms with E-state index in [2.05, 4.69) is 0 Å². The van der Waals surface area contributed by atoms with Crippen LogP contribution in [0.4, 0.5) is 0 Å². The van der Waals surface area contributed by atoms with Gasteiger partial charge in [0.15, 0.2) is 0 Å². The summed E-state index contributed by atoms with van der Waals surface area (Å²) in [5.74, 6) is 2.28. The van der Waals surface area contributed by atoms with Crippen molar-refractivity contribution in [1.29, 1.82) is 0 Å². The second-order valence-electron chi connectivity index (χ2n) is 4.33. The molecule has 0 aromatic heterocycles. The van der Waals surface area contributed by atoms with Crippen molar-refractivity contribution in [2.24, 2.45) is 0 Å². The van der Waals surface area contributed by atoms with Crippen molar-refractivity contribution in [3.8, 4) is 17.2 Å². The van der Waals surface area contributed by atoms with Gasteiger partial charge in [-0.25, -0.2) is 0 Å². The van der Waals surface area contributed by atoms with Crippen molar-refractivity contribution in [2.75, 3.05) is 21.3 Å². The lowest BCUT2D eigenvalue weighted by molar-refractivity contribution is 0.402. The molecule has 3 nitrogen and oxygen atoms in total. The van der Waals surface area contributed by atoms with Gasteiger partial charge in [0.2, 0.25) is 0 Å². The number of hydrogen-bond acceptors (Lipinski definition) is 3. The number of hydrogen-bond donors (Lipinski definition) is 0. The average molecular weight is 305 g/mol. The predicted octanol–water partition coefficient (Wildman–Crippen LogP) is 4.45. The van der Waals surface area contributed by atoms with E-state index in [1.165, 1.54) is 0 Å². The highest BCUT2D eigenvalue weighted by molar-refractivity contribution is 6.51. The normalized spacial score (nSPS) is 11.1. The van der Waals surface area contributed by atoms with Crippen LogP contribution in [0.3, 0.4) is 0 Å². The van der Waals surface area contributed by atoms with Gasteiger partial charge in [0, 0.05) is 10.6 Å². The summed E-state index contributed by atoms with van der Waals surface area (Å²) in [6.45, 7) is 0. The SMILES string of the molecule is COc1ccc(/C(Cl)=C\c2cc(OC)ccc2OC)cc1. The number of rotatable bonds is 5. The van der Waals surface area contributed by atoms with Gasteiger partial charge in [0.25, 0.3) is 0 Å². The van der Waals surface area contributed by atoms with Crippen LogP contribution in [-0.4, -0.2) is 21.3 Å². The minimum Gasteiger partial charge on any atom is -0.497 e. The highest BCUT2D eigenvalue weighted by atomic mass is 35.5. The molecule has 0 saturated carbocycles. The van der Waals surface area contributed by atoms with Crippen molar-refractivity contribution < 1.29 is 14.2 Å².